The first-order valence-corrected chi connectivity index (χ1v) is 5.56. The van der Waals surface area contributed by atoms with E-state index in [2.05, 4.69) is 10.3 Å². The molecule has 2 aromatic rings. The number of pyridine rings is 1. The molecule has 0 fully saturated rings. The number of hydrogen-bond acceptors (Lipinski definition) is 4. The van der Waals surface area contributed by atoms with Crippen LogP contribution in [0.15, 0.2) is 36.5 Å². The van der Waals surface area contributed by atoms with E-state index in [1.54, 1.807) is 12.3 Å². The molecule has 1 aromatic heterocycles. The number of anilines is 1. The van der Waals surface area contributed by atoms with Crippen LogP contribution < -0.4 is 14.8 Å². The van der Waals surface area contributed by atoms with Gasteiger partial charge in [-0.3, -0.25) is 0 Å². The molecule has 0 saturated carbocycles. The standard InChI is InChI=1S/C13H11FN2O2/c14-10-4-2-6-15-13(10)16-7-9-3-1-5-11-12(9)18-8-17-11/h1-6H,7-8H2,(H,15,16). The fourth-order valence-electron chi connectivity index (χ4n) is 1.82. The Labute approximate surface area is 103 Å². The molecule has 18 heavy (non-hydrogen) atoms. The zero-order chi connectivity index (χ0) is 12.4. The first-order chi connectivity index (χ1) is 8.84. The lowest BCUT2D eigenvalue weighted by atomic mass is 10.2. The molecule has 0 atom stereocenters. The molecule has 2 heterocycles. The average Bonchev–Trinajstić information content (AvgIpc) is 2.86. The number of hydrogen-bond donors (Lipinski definition) is 1. The SMILES string of the molecule is Fc1cccnc1NCc1cccc2c1OCO2. The third-order valence-electron chi connectivity index (χ3n) is 2.68. The van der Waals surface area contributed by atoms with Crippen molar-refractivity contribution in [2.75, 3.05) is 12.1 Å². The van der Waals surface area contributed by atoms with Crippen LogP contribution in [0.5, 0.6) is 11.5 Å². The predicted octanol–water partition coefficient (Wildman–Crippen LogP) is 2.56. The minimum atomic E-state index is -0.373. The minimum Gasteiger partial charge on any atom is -0.454 e. The summed E-state index contributed by atoms with van der Waals surface area (Å²) in [6.45, 7) is 0.658. The van der Waals surface area contributed by atoms with E-state index in [4.69, 9.17) is 9.47 Å². The van der Waals surface area contributed by atoms with E-state index in [9.17, 15) is 4.39 Å². The van der Waals surface area contributed by atoms with Gasteiger partial charge in [0.2, 0.25) is 6.79 Å². The van der Waals surface area contributed by atoms with Crippen LogP contribution in [-0.4, -0.2) is 11.8 Å². The average molecular weight is 246 g/mol. The number of fused-ring (bicyclic) bond motifs is 1. The molecule has 0 radical (unpaired) electrons. The smallest absolute Gasteiger partial charge is 0.231 e. The topological polar surface area (TPSA) is 43.4 Å². The molecule has 4 nitrogen and oxygen atoms in total. The normalized spacial score (nSPS) is 12.5. The van der Waals surface area contributed by atoms with Crippen LogP contribution in [0.25, 0.3) is 0 Å². The number of benzene rings is 1. The lowest BCUT2D eigenvalue weighted by Crippen LogP contribution is -2.04. The van der Waals surface area contributed by atoms with Crippen molar-refractivity contribution in [3.05, 3.63) is 47.9 Å². The van der Waals surface area contributed by atoms with Gasteiger partial charge >= 0.3 is 0 Å². The van der Waals surface area contributed by atoms with E-state index in [0.717, 1.165) is 11.3 Å². The number of rotatable bonds is 3. The van der Waals surface area contributed by atoms with Crippen molar-refractivity contribution in [1.82, 2.24) is 4.98 Å². The number of halogens is 1. The Bertz CT molecular complexity index is 575. The Balaban J connectivity index is 1.78. The van der Waals surface area contributed by atoms with Crippen molar-refractivity contribution in [2.24, 2.45) is 0 Å². The number of aromatic nitrogens is 1. The fraction of sp³-hybridized carbons (Fsp3) is 0.154. The summed E-state index contributed by atoms with van der Waals surface area (Å²) in [4.78, 5) is 3.93. The molecular formula is C13H11FN2O2. The number of ether oxygens (including phenoxy) is 2. The molecule has 0 spiro atoms. The van der Waals surface area contributed by atoms with Crippen LogP contribution in [-0.2, 0) is 6.54 Å². The number of nitrogens with one attached hydrogen (secondary N) is 1. The minimum absolute atomic E-state index is 0.226. The highest BCUT2D eigenvalue weighted by atomic mass is 19.1. The van der Waals surface area contributed by atoms with Crippen molar-refractivity contribution >= 4 is 5.82 Å². The predicted molar refractivity (Wildman–Crippen MR) is 64.1 cm³/mol. The van der Waals surface area contributed by atoms with E-state index in [-0.39, 0.29) is 18.4 Å². The van der Waals surface area contributed by atoms with E-state index >= 15 is 0 Å². The lowest BCUT2D eigenvalue weighted by molar-refractivity contribution is 0.173. The summed E-state index contributed by atoms with van der Waals surface area (Å²) in [5.41, 5.74) is 0.912. The highest BCUT2D eigenvalue weighted by Gasteiger charge is 2.17. The molecule has 1 N–H and O–H groups in total. The summed E-state index contributed by atoms with van der Waals surface area (Å²) in [6, 6.07) is 8.54. The maximum absolute atomic E-state index is 13.4. The van der Waals surface area contributed by atoms with Gasteiger partial charge in [-0.2, -0.15) is 0 Å². The number of nitrogens with zero attached hydrogens (tertiary/aromatic N) is 1. The zero-order valence-corrected chi connectivity index (χ0v) is 9.52. The van der Waals surface area contributed by atoms with Gasteiger partial charge in [0.1, 0.15) is 0 Å². The van der Waals surface area contributed by atoms with Crippen LogP contribution in [0.4, 0.5) is 10.2 Å². The fourth-order valence-corrected chi connectivity index (χ4v) is 1.82. The Morgan fingerprint density at radius 3 is 3.06 bits per heavy atom. The van der Waals surface area contributed by atoms with Crippen LogP contribution in [0.1, 0.15) is 5.56 Å². The number of para-hydroxylation sites is 1. The molecule has 1 aliphatic rings. The van der Waals surface area contributed by atoms with Crippen molar-refractivity contribution in [3.63, 3.8) is 0 Å². The third kappa shape index (κ3) is 1.95. The second-order valence-corrected chi connectivity index (χ2v) is 3.84. The molecule has 0 amide bonds. The molecule has 0 aliphatic carbocycles. The van der Waals surface area contributed by atoms with E-state index in [1.165, 1.54) is 6.07 Å². The highest BCUT2D eigenvalue weighted by molar-refractivity contribution is 5.49. The molecule has 92 valence electrons. The summed E-state index contributed by atoms with van der Waals surface area (Å²) in [7, 11) is 0. The van der Waals surface area contributed by atoms with Gasteiger partial charge in [0.15, 0.2) is 23.1 Å². The van der Waals surface area contributed by atoms with Crippen LogP contribution in [0, 0.1) is 5.82 Å². The highest BCUT2D eigenvalue weighted by Crippen LogP contribution is 2.35. The van der Waals surface area contributed by atoms with Gasteiger partial charge in [-0.1, -0.05) is 12.1 Å². The summed E-state index contributed by atoms with van der Waals surface area (Å²) in [6.07, 6.45) is 1.54. The Morgan fingerprint density at radius 2 is 2.17 bits per heavy atom. The molecule has 5 heteroatoms. The summed E-state index contributed by atoms with van der Waals surface area (Å²) >= 11 is 0. The molecule has 3 rings (SSSR count). The van der Waals surface area contributed by atoms with E-state index < -0.39 is 0 Å². The zero-order valence-electron chi connectivity index (χ0n) is 9.52. The second-order valence-electron chi connectivity index (χ2n) is 3.84. The Hall–Kier alpha value is -2.30. The summed E-state index contributed by atoms with van der Waals surface area (Å²) in [5.74, 6) is 1.29. The third-order valence-corrected chi connectivity index (χ3v) is 2.68. The lowest BCUT2D eigenvalue weighted by Gasteiger charge is -2.08. The van der Waals surface area contributed by atoms with Crippen molar-refractivity contribution < 1.29 is 13.9 Å². The van der Waals surface area contributed by atoms with Gasteiger partial charge in [-0.05, 0) is 18.2 Å². The van der Waals surface area contributed by atoms with Crippen LogP contribution >= 0.6 is 0 Å². The van der Waals surface area contributed by atoms with Gasteiger partial charge < -0.3 is 14.8 Å². The quantitative estimate of drug-likeness (QED) is 0.903. The Kier molecular flexibility index (Phi) is 2.72. The van der Waals surface area contributed by atoms with Crippen molar-refractivity contribution in [2.45, 2.75) is 6.54 Å². The van der Waals surface area contributed by atoms with Gasteiger partial charge in [0.25, 0.3) is 0 Å². The second kappa shape index (κ2) is 4.52. The largest absolute Gasteiger partial charge is 0.454 e. The van der Waals surface area contributed by atoms with Crippen LogP contribution in [0.3, 0.4) is 0 Å². The molecule has 0 unspecified atom stereocenters. The van der Waals surface area contributed by atoms with Crippen LogP contribution in [0.2, 0.25) is 0 Å². The van der Waals surface area contributed by atoms with Gasteiger partial charge in [0, 0.05) is 18.3 Å². The Morgan fingerprint density at radius 1 is 1.22 bits per heavy atom. The van der Waals surface area contributed by atoms with E-state index in [0.29, 0.717) is 12.3 Å². The monoisotopic (exact) mass is 246 g/mol. The maximum atomic E-state index is 13.4. The van der Waals surface area contributed by atoms with Gasteiger partial charge in [0.05, 0.1) is 0 Å². The summed E-state index contributed by atoms with van der Waals surface area (Å²) < 4.78 is 24.0. The van der Waals surface area contributed by atoms with Gasteiger partial charge in [-0.15, -0.1) is 0 Å². The molecule has 1 aliphatic heterocycles. The van der Waals surface area contributed by atoms with E-state index in [1.807, 2.05) is 18.2 Å². The van der Waals surface area contributed by atoms with Crippen molar-refractivity contribution in [1.29, 1.82) is 0 Å². The first kappa shape index (κ1) is 10.8. The van der Waals surface area contributed by atoms with Crippen molar-refractivity contribution in [3.8, 4) is 11.5 Å². The summed E-state index contributed by atoms with van der Waals surface area (Å²) in [5, 5.41) is 2.94. The molecular weight excluding hydrogens is 235 g/mol. The molecule has 0 bridgehead atoms. The molecule has 1 aromatic carbocycles. The maximum Gasteiger partial charge on any atom is 0.231 e. The first-order valence-electron chi connectivity index (χ1n) is 5.56. The molecule has 0 saturated heterocycles. The van der Waals surface area contributed by atoms with Gasteiger partial charge in [-0.25, -0.2) is 9.37 Å².